The SMILES string of the molecule is CC(=O)n1cnc(CC2NC(=O)N(c3ccc(C=NO)cc3)C2=O)c1. The average Bonchev–Trinajstić information content (AvgIpc) is 3.15. The highest BCUT2D eigenvalue weighted by atomic mass is 16.4. The maximum absolute atomic E-state index is 12.5. The number of amides is 3. The molecule has 1 aliphatic heterocycles. The lowest BCUT2D eigenvalue weighted by atomic mass is 10.1. The molecule has 0 radical (unpaired) electrons. The summed E-state index contributed by atoms with van der Waals surface area (Å²) in [5, 5.41) is 14.0. The van der Waals surface area contributed by atoms with Crippen LogP contribution in [0, 0.1) is 0 Å². The van der Waals surface area contributed by atoms with Crippen LogP contribution in [0.25, 0.3) is 0 Å². The van der Waals surface area contributed by atoms with E-state index in [-0.39, 0.29) is 12.3 Å². The lowest BCUT2D eigenvalue weighted by molar-refractivity contribution is -0.118. The van der Waals surface area contributed by atoms with Gasteiger partial charge in [-0.05, 0) is 17.7 Å². The fourth-order valence-electron chi connectivity index (χ4n) is 2.54. The van der Waals surface area contributed by atoms with Gasteiger partial charge in [0.1, 0.15) is 12.4 Å². The maximum Gasteiger partial charge on any atom is 0.329 e. The summed E-state index contributed by atoms with van der Waals surface area (Å²) in [6, 6.07) is 5.14. The Kier molecular flexibility index (Phi) is 4.29. The van der Waals surface area contributed by atoms with Crippen LogP contribution >= 0.6 is 0 Å². The molecule has 3 rings (SSSR count). The molecule has 1 fully saturated rings. The fraction of sp³-hybridized carbons (Fsp3) is 0.188. The van der Waals surface area contributed by atoms with Crippen LogP contribution in [-0.2, 0) is 11.2 Å². The highest BCUT2D eigenvalue weighted by molar-refractivity contribution is 6.21. The normalized spacial score (nSPS) is 17.3. The minimum Gasteiger partial charge on any atom is -0.411 e. The minimum absolute atomic E-state index is 0.186. The van der Waals surface area contributed by atoms with E-state index in [1.165, 1.54) is 30.2 Å². The van der Waals surface area contributed by atoms with Gasteiger partial charge in [0.25, 0.3) is 5.91 Å². The highest BCUT2D eigenvalue weighted by Crippen LogP contribution is 2.21. The number of aromatic nitrogens is 2. The number of urea groups is 1. The van der Waals surface area contributed by atoms with Gasteiger partial charge in [-0.3, -0.25) is 14.2 Å². The number of carbonyl (C=O) groups is 3. The molecule has 9 nitrogen and oxygen atoms in total. The Balaban J connectivity index is 1.76. The standard InChI is InChI=1S/C16H15N5O4/c1-10(22)20-8-12(17-9-20)6-14-15(23)21(16(24)19-14)13-4-2-11(3-5-13)7-18-25/h2-5,7-9,14,25H,6H2,1H3,(H,19,24). The van der Waals surface area contributed by atoms with E-state index in [9.17, 15) is 14.4 Å². The molecule has 128 valence electrons. The monoisotopic (exact) mass is 341 g/mol. The molecule has 2 heterocycles. The number of nitrogens with zero attached hydrogens (tertiary/aromatic N) is 4. The first-order valence-corrected chi connectivity index (χ1v) is 7.45. The van der Waals surface area contributed by atoms with Crippen molar-refractivity contribution in [1.82, 2.24) is 14.9 Å². The zero-order valence-electron chi connectivity index (χ0n) is 13.3. The van der Waals surface area contributed by atoms with Gasteiger partial charge in [0, 0.05) is 19.5 Å². The van der Waals surface area contributed by atoms with Crippen molar-refractivity contribution in [1.29, 1.82) is 0 Å². The second-order valence-electron chi connectivity index (χ2n) is 5.51. The number of anilines is 1. The first-order valence-electron chi connectivity index (χ1n) is 7.45. The third-order valence-electron chi connectivity index (χ3n) is 3.79. The molecular formula is C16H15N5O4. The molecule has 0 aliphatic carbocycles. The molecule has 1 aromatic heterocycles. The second-order valence-corrected chi connectivity index (χ2v) is 5.51. The number of nitrogens with one attached hydrogen (secondary N) is 1. The number of imide groups is 1. The van der Waals surface area contributed by atoms with Crippen LogP contribution in [0.2, 0.25) is 0 Å². The Labute approximate surface area is 142 Å². The van der Waals surface area contributed by atoms with Crippen LogP contribution in [0.1, 0.15) is 23.0 Å². The largest absolute Gasteiger partial charge is 0.411 e. The van der Waals surface area contributed by atoms with E-state index in [4.69, 9.17) is 5.21 Å². The Hall–Kier alpha value is -3.49. The zero-order chi connectivity index (χ0) is 18.0. The molecule has 9 heteroatoms. The molecule has 25 heavy (non-hydrogen) atoms. The van der Waals surface area contributed by atoms with E-state index < -0.39 is 18.0 Å². The van der Waals surface area contributed by atoms with Crippen molar-refractivity contribution in [2.45, 2.75) is 19.4 Å². The van der Waals surface area contributed by atoms with Crippen LogP contribution in [0.3, 0.4) is 0 Å². The third kappa shape index (κ3) is 3.25. The Bertz CT molecular complexity index is 856. The van der Waals surface area contributed by atoms with Gasteiger partial charge in [-0.15, -0.1) is 0 Å². The van der Waals surface area contributed by atoms with Crippen molar-refractivity contribution in [2.75, 3.05) is 4.90 Å². The number of imidazole rings is 1. The van der Waals surface area contributed by atoms with Gasteiger partial charge < -0.3 is 10.5 Å². The third-order valence-corrected chi connectivity index (χ3v) is 3.79. The summed E-state index contributed by atoms with van der Waals surface area (Å²) in [5.74, 6) is -0.584. The summed E-state index contributed by atoms with van der Waals surface area (Å²) in [7, 11) is 0. The smallest absolute Gasteiger partial charge is 0.329 e. The first-order chi connectivity index (χ1) is 12.0. The molecular weight excluding hydrogens is 326 g/mol. The number of hydrogen-bond acceptors (Lipinski definition) is 6. The van der Waals surface area contributed by atoms with Gasteiger partial charge in [-0.2, -0.15) is 0 Å². The van der Waals surface area contributed by atoms with E-state index in [1.54, 1.807) is 24.3 Å². The molecule has 2 aromatic rings. The lowest BCUT2D eigenvalue weighted by Crippen LogP contribution is -2.32. The quantitative estimate of drug-likeness (QED) is 0.373. The summed E-state index contributed by atoms with van der Waals surface area (Å²) < 4.78 is 1.32. The average molecular weight is 341 g/mol. The number of oxime groups is 1. The molecule has 1 aliphatic rings. The molecule has 0 bridgehead atoms. The first kappa shape index (κ1) is 16.4. The van der Waals surface area contributed by atoms with E-state index in [0.29, 0.717) is 16.9 Å². The van der Waals surface area contributed by atoms with E-state index in [2.05, 4.69) is 15.5 Å². The van der Waals surface area contributed by atoms with Crippen molar-refractivity contribution in [3.8, 4) is 0 Å². The number of rotatable bonds is 4. The predicted molar refractivity (Wildman–Crippen MR) is 87.9 cm³/mol. The lowest BCUT2D eigenvalue weighted by Gasteiger charge is -2.13. The van der Waals surface area contributed by atoms with Crippen LogP contribution in [0.5, 0.6) is 0 Å². The molecule has 1 unspecified atom stereocenters. The van der Waals surface area contributed by atoms with E-state index in [1.807, 2.05) is 0 Å². The molecule has 1 aromatic carbocycles. The van der Waals surface area contributed by atoms with Crippen molar-refractivity contribution < 1.29 is 19.6 Å². The van der Waals surface area contributed by atoms with E-state index >= 15 is 0 Å². The maximum atomic E-state index is 12.5. The van der Waals surface area contributed by atoms with Crippen molar-refractivity contribution >= 4 is 29.7 Å². The Morgan fingerprint density at radius 1 is 1.36 bits per heavy atom. The molecule has 0 saturated carbocycles. The summed E-state index contributed by atoms with van der Waals surface area (Å²) in [6.45, 7) is 1.40. The highest BCUT2D eigenvalue weighted by Gasteiger charge is 2.39. The van der Waals surface area contributed by atoms with Gasteiger partial charge in [-0.1, -0.05) is 17.3 Å². The summed E-state index contributed by atoms with van der Waals surface area (Å²) in [4.78, 5) is 41.1. The molecule has 2 N–H and O–H groups in total. The van der Waals surface area contributed by atoms with E-state index in [0.717, 1.165) is 4.90 Å². The number of hydrogen-bond donors (Lipinski definition) is 2. The van der Waals surface area contributed by atoms with Crippen LogP contribution in [0.4, 0.5) is 10.5 Å². The Morgan fingerprint density at radius 3 is 2.68 bits per heavy atom. The van der Waals surface area contributed by atoms with Gasteiger partial charge in [0.15, 0.2) is 0 Å². The zero-order valence-corrected chi connectivity index (χ0v) is 13.3. The van der Waals surface area contributed by atoms with Crippen molar-refractivity contribution in [3.63, 3.8) is 0 Å². The Morgan fingerprint density at radius 2 is 2.08 bits per heavy atom. The predicted octanol–water partition coefficient (Wildman–Crippen LogP) is 1.02. The molecule has 3 amide bonds. The fourth-order valence-corrected chi connectivity index (χ4v) is 2.54. The van der Waals surface area contributed by atoms with Crippen molar-refractivity contribution in [3.05, 3.63) is 48.0 Å². The summed E-state index contributed by atoms with van der Waals surface area (Å²) >= 11 is 0. The summed E-state index contributed by atoms with van der Waals surface area (Å²) in [5.41, 5.74) is 1.57. The van der Waals surface area contributed by atoms with Gasteiger partial charge in [0.2, 0.25) is 5.91 Å². The number of benzene rings is 1. The van der Waals surface area contributed by atoms with Crippen LogP contribution < -0.4 is 10.2 Å². The van der Waals surface area contributed by atoms with Gasteiger partial charge in [-0.25, -0.2) is 14.7 Å². The number of carbonyl (C=O) groups excluding carboxylic acids is 3. The minimum atomic E-state index is -0.749. The van der Waals surface area contributed by atoms with Crippen molar-refractivity contribution in [2.24, 2.45) is 5.16 Å². The van der Waals surface area contributed by atoms with Crippen LogP contribution in [-0.4, -0.2) is 44.9 Å². The topological polar surface area (TPSA) is 117 Å². The molecule has 1 atom stereocenters. The van der Waals surface area contributed by atoms with Gasteiger partial charge >= 0.3 is 6.03 Å². The van der Waals surface area contributed by atoms with Gasteiger partial charge in [0.05, 0.1) is 17.6 Å². The second kappa shape index (κ2) is 6.56. The summed E-state index contributed by atoms with van der Waals surface area (Å²) in [6.07, 6.45) is 4.34. The molecule has 1 saturated heterocycles. The van der Waals surface area contributed by atoms with Crippen LogP contribution in [0.15, 0.2) is 41.9 Å². The molecule has 0 spiro atoms.